The topological polar surface area (TPSA) is 36.3 Å². The molecule has 0 aliphatic carbocycles. The van der Waals surface area contributed by atoms with E-state index in [9.17, 15) is 0 Å². The number of nitrogens with zero attached hydrogens (tertiary/aromatic N) is 1. The Morgan fingerprint density at radius 2 is 2.14 bits per heavy atom. The summed E-state index contributed by atoms with van der Waals surface area (Å²) in [6.07, 6.45) is 0. The van der Waals surface area contributed by atoms with E-state index in [2.05, 4.69) is 0 Å². The van der Waals surface area contributed by atoms with Gasteiger partial charge in [-0.3, -0.25) is 5.41 Å². The van der Waals surface area contributed by atoms with Crippen molar-refractivity contribution < 1.29 is 4.74 Å². The fourth-order valence-electron chi connectivity index (χ4n) is 1.16. The van der Waals surface area contributed by atoms with Gasteiger partial charge in [-0.1, -0.05) is 12.1 Å². The summed E-state index contributed by atoms with van der Waals surface area (Å²) in [5.41, 5.74) is 0.876. The predicted molar refractivity (Wildman–Crippen MR) is 58.1 cm³/mol. The van der Waals surface area contributed by atoms with Crippen LogP contribution < -0.4 is 4.74 Å². The molecular formula is C11H16N2O. The van der Waals surface area contributed by atoms with Crippen molar-refractivity contribution in [2.75, 3.05) is 20.7 Å². The number of rotatable bonds is 3. The average Bonchev–Trinajstić information content (AvgIpc) is 2.17. The Morgan fingerprint density at radius 3 is 2.71 bits per heavy atom. The molecule has 0 aliphatic heterocycles. The molecular weight excluding hydrogens is 176 g/mol. The summed E-state index contributed by atoms with van der Waals surface area (Å²) in [4.78, 5) is 1.77. The molecule has 0 fully saturated rings. The van der Waals surface area contributed by atoms with Gasteiger partial charge >= 0.3 is 0 Å². The highest BCUT2D eigenvalue weighted by atomic mass is 16.5. The van der Waals surface area contributed by atoms with E-state index >= 15 is 0 Å². The van der Waals surface area contributed by atoms with Crippen LogP contribution in [-0.2, 0) is 0 Å². The van der Waals surface area contributed by atoms with Crippen LogP contribution in [0.1, 0.15) is 12.5 Å². The molecule has 3 heteroatoms. The lowest BCUT2D eigenvalue weighted by Gasteiger charge is -2.14. The lowest BCUT2D eigenvalue weighted by molar-refractivity contribution is 0.340. The van der Waals surface area contributed by atoms with Gasteiger partial charge in [0, 0.05) is 19.7 Å². The van der Waals surface area contributed by atoms with Crippen LogP contribution in [0, 0.1) is 5.41 Å². The molecule has 0 saturated heterocycles. The van der Waals surface area contributed by atoms with Crippen molar-refractivity contribution in [2.45, 2.75) is 6.92 Å². The van der Waals surface area contributed by atoms with Crippen LogP contribution in [0.2, 0.25) is 0 Å². The first kappa shape index (κ1) is 10.6. The van der Waals surface area contributed by atoms with Crippen molar-refractivity contribution in [1.29, 1.82) is 5.41 Å². The minimum atomic E-state index is 0.492. The van der Waals surface area contributed by atoms with Gasteiger partial charge in [0.2, 0.25) is 0 Å². The van der Waals surface area contributed by atoms with Gasteiger partial charge in [-0.2, -0.15) is 0 Å². The maximum Gasteiger partial charge on any atom is 0.127 e. The maximum absolute atomic E-state index is 7.78. The van der Waals surface area contributed by atoms with E-state index in [1.807, 2.05) is 45.3 Å². The largest absolute Gasteiger partial charge is 0.494 e. The molecule has 14 heavy (non-hydrogen) atoms. The van der Waals surface area contributed by atoms with Gasteiger partial charge < -0.3 is 9.64 Å². The van der Waals surface area contributed by atoms with Crippen LogP contribution in [0.3, 0.4) is 0 Å². The number of amidine groups is 1. The van der Waals surface area contributed by atoms with Crippen LogP contribution in [0.15, 0.2) is 24.3 Å². The van der Waals surface area contributed by atoms with Gasteiger partial charge in [0.1, 0.15) is 11.6 Å². The quantitative estimate of drug-likeness (QED) is 0.587. The third-order valence-electron chi connectivity index (χ3n) is 1.87. The molecule has 0 heterocycles. The Morgan fingerprint density at radius 1 is 1.43 bits per heavy atom. The molecule has 0 aliphatic rings. The number of nitrogens with one attached hydrogen (secondary N) is 1. The normalized spacial score (nSPS) is 9.64. The molecule has 3 nitrogen and oxygen atoms in total. The second-order valence-corrected chi connectivity index (χ2v) is 3.20. The zero-order valence-corrected chi connectivity index (χ0v) is 8.87. The van der Waals surface area contributed by atoms with Gasteiger partial charge in [-0.15, -0.1) is 0 Å². The molecule has 0 atom stereocenters. The molecule has 0 radical (unpaired) electrons. The standard InChI is InChI=1S/C11H16N2O/c1-4-14-10-7-5-6-9(8-10)11(12)13(2)3/h5-8,12H,4H2,1-3H3. The molecule has 0 unspecified atom stereocenters. The van der Waals surface area contributed by atoms with Crippen LogP contribution >= 0.6 is 0 Å². The molecule has 1 N–H and O–H groups in total. The Bertz CT molecular complexity index is 321. The number of benzene rings is 1. The number of hydrogen-bond donors (Lipinski definition) is 1. The summed E-state index contributed by atoms with van der Waals surface area (Å²) >= 11 is 0. The highest BCUT2D eigenvalue weighted by Crippen LogP contribution is 2.13. The Kier molecular flexibility index (Phi) is 3.51. The van der Waals surface area contributed by atoms with Gasteiger partial charge in [-0.25, -0.2) is 0 Å². The monoisotopic (exact) mass is 192 g/mol. The van der Waals surface area contributed by atoms with Crippen LogP contribution in [-0.4, -0.2) is 31.4 Å². The molecule has 0 amide bonds. The van der Waals surface area contributed by atoms with E-state index in [1.165, 1.54) is 0 Å². The summed E-state index contributed by atoms with van der Waals surface area (Å²) in [5.74, 6) is 1.31. The van der Waals surface area contributed by atoms with Crippen molar-refractivity contribution in [3.05, 3.63) is 29.8 Å². The van der Waals surface area contributed by atoms with E-state index in [4.69, 9.17) is 10.1 Å². The molecule has 0 bridgehead atoms. The third-order valence-corrected chi connectivity index (χ3v) is 1.87. The Balaban J connectivity index is 2.88. The van der Waals surface area contributed by atoms with Crippen molar-refractivity contribution in [1.82, 2.24) is 4.90 Å². The molecule has 1 aromatic rings. The molecule has 76 valence electrons. The van der Waals surface area contributed by atoms with Gasteiger partial charge in [0.25, 0.3) is 0 Å². The van der Waals surface area contributed by atoms with Crippen molar-refractivity contribution in [2.24, 2.45) is 0 Å². The van der Waals surface area contributed by atoms with Crippen LogP contribution in [0.25, 0.3) is 0 Å². The second kappa shape index (κ2) is 4.65. The zero-order chi connectivity index (χ0) is 10.6. The Hall–Kier alpha value is -1.51. The second-order valence-electron chi connectivity index (χ2n) is 3.20. The maximum atomic E-state index is 7.78. The zero-order valence-electron chi connectivity index (χ0n) is 8.87. The van der Waals surface area contributed by atoms with Gasteiger partial charge in [0.15, 0.2) is 0 Å². The highest BCUT2D eigenvalue weighted by molar-refractivity contribution is 5.96. The summed E-state index contributed by atoms with van der Waals surface area (Å²) in [7, 11) is 3.71. The fraction of sp³-hybridized carbons (Fsp3) is 0.364. The first-order chi connectivity index (χ1) is 6.65. The highest BCUT2D eigenvalue weighted by Gasteiger charge is 2.03. The average molecular weight is 192 g/mol. The van der Waals surface area contributed by atoms with Crippen molar-refractivity contribution >= 4 is 5.84 Å². The SMILES string of the molecule is CCOc1cccc(C(=N)N(C)C)c1. The van der Waals surface area contributed by atoms with E-state index < -0.39 is 0 Å². The van der Waals surface area contributed by atoms with E-state index in [0.29, 0.717) is 12.4 Å². The van der Waals surface area contributed by atoms with E-state index in [1.54, 1.807) is 4.90 Å². The van der Waals surface area contributed by atoms with Gasteiger partial charge in [-0.05, 0) is 19.1 Å². The summed E-state index contributed by atoms with van der Waals surface area (Å²) in [5, 5.41) is 7.78. The summed E-state index contributed by atoms with van der Waals surface area (Å²) in [6.45, 7) is 2.60. The smallest absolute Gasteiger partial charge is 0.127 e. The van der Waals surface area contributed by atoms with Crippen molar-refractivity contribution in [3.63, 3.8) is 0 Å². The van der Waals surface area contributed by atoms with Crippen molar-refractivity contribution in [3.8, 4) is 5.75 Å². The molecule has 1 rings (SSSR count). The molecule has 0 spiro atoms. The third kappa shape index (κ3) is 2.49. The lowest BCUT2D eigenvalue weighted by atomic mass is 10.2. The summed E-state index contributed by atoms with van der Waals surface area (Å²) in [6, 6.07) is 7.59. The minimum absolute atomic E-state index is 0.492. The lowest BCUT2D eigenvalue weighted by Crippen LogP contribution is -2.21. The van der Waals surface area contributed by atoms with Crippen LogP contribution in [0.5, 0.6) is 5.75 Å². The minimum Gasteiger partial charge on any atom is -0.494 e. The first-order valence-electron chi connectivity index (χ1n) is 4.64. The van der Waals surface area contributed by atoms with Gasteiger partial charge in [0.05, 0.1) is 6.61 Å². The summed E-state index contributed by atoms with van der Waals surface area (Å²) < 4.78 is 5.36. The predicted octanol–water partition coefficient (Wildman–Crippen LogP) is 1.97. The molecule has 0 aromatic heterocycles. The number of hydrogen-bond acceptors (Lipinski definition) is 2. The first-order valence-corrected chi connectivity index (χ1v) is 4.64. The fourth-order valence-corrected chi connectivity index (χ4v) is 1.16. The molecule has 1 aromatic carbocycles. The van der Waals surface area contributed by atoms with E-state index in [-0.39, 0.29) is 0 Å². The Labute approximate surface area is 84.8 Å². The molecule has 0 saturated carbocycles. The number of ether oxygens (including phenoxy) is 1. The van der Waals surface area contributed by atoms with Crippen LogP contribution in [0.4, 0.5) is 0 Å². The van der Waals surface area contributed by atoms with E-state index in [0.717, 1.165) is 11.3 Å².